The van der Waals surface area contributed by atoms with Gasteiger partial charge in [-0.25, -0.2) is 0 Å². The van der Waals surface area contributed by atoms with Crippen molar-refractivity contribution in [2.45, 2.75) is 19.8 Å². The molecule has 1 amide bonds. The molecule has 88 valence electrons. The van der Waals surface area contributed by atoms with Crippen LogP contribution in [-0.4, -0.2) is 44.0 Å². The van der Waals surface area contributed by atoms with E-state index in [0.29, 0.717) is 12.3 Å². The minimum Gasteiger partial charge on any atom is -0.359 e. The largest absolute Gasteiger partial charge is 0.359 e. The third-order valence-electron chi connectivity index (χ3n) is 3.43. The number of likely N-dealkylation sites (tertiary alicyclic amines) is 1. The number of hydrogen-bond donors (Lipinski definition) is 2. The summed E-state index contributed by atoms with van der Waals surface area (Å²) in [7, 11) is 1.68. The average Bonchev–Trinajstić information content (AvgIpc) is 2.27. The summed E-state index contributed by atoms with van der Waals surface area (Å²) in [6.07, 6.45) is 1.80. The van der Waals surface area contributed by atoms with Crippen molar-refractivity contribution in [3.8, 4) is 0 Å². The van der Waals surface area contributed by atoms with Crippen molar-refractivity contribution < 1.29 is 4.79 Å². The maximum atomic E-state index is 11.1. The van der Waals surface area contributed by atoms with E-state index < -0.39 is 0 Å². The van der Waals surface area contributed by atoms with Crippen LogP contribution in [0.3, 0.4) is 0 Å². The molecule has 1 fully saturated rings. The van der Waals surface area contributed by atoms with E-state index in [9.17, 15) is 4.79 Å². The summed E-state index contributed by atoms with van der Waals surface area (Å²) in [4.78, 5) is 13.5. The quantitative estimate of drug-likeness (QED) is 0.693. The van der Waals surface area contributed by atoms with Crippen molar-refractivity contribution in [1.82, 2.24) is 10.2 Å². The fourth-order valence-electron chi connectivity index (χ4n) is 2.12. The molecular formula is C11H23N3O. The molecule has 1 aliphatic rings. The predicted molar refractivity (Wildman–Crippen MR) is 61.4 cm³/mol. The second kappa shape index (κ2) is 6.08. The molecule has 2 atom stereocenters. The highest BCUT2D eigenvalue weighted by molar-refractivity contribution is 5.75. The molecule has 0 aromatic heterocycles. The van der Waals surface area contributed by atoms with E-state index in [1.54, 1.807) is 7.05 Å². The third-order valence-corrected chi connectivity index (χ3v) is 3.43. The van der Waals surface area contributed by atoms with Gasteiger partial charge >= 0.3 is 0 Å². The molecule has 0 aromatic carbocycles. The highest BCUT2D eigenvalue weighted by Gasteiger charge is 2.24. The molecular weight excluding hydrogens is 190 g/mol. The first-order chi connectivity index (χ1) is 7.17. The normalized spacial score (nSPS) is 27.7. The zero-order valence-corrected chi connectivity index (χ0v) is 9.83. The van der Waals surface area contributed by atoms with Crippen LogP contribution in [0.5, 0.6) is 0 Å². The number of carbonyl (C=O) groups excluding carboxylic acids is 1. The van der Waals surface area contributed by atoms with Gasteiger partial charge in [0, 0.05) is 26.6 Å². The second-order valence-corrected chi connectivity index (χ2v) is 4.49. The monoisotopic (exact) mass is 213 g/mol. The molecule has 0 saturated carbocycles. The Balaban J connectivity index is 2.29. The van der Waals surface area contributed by atoms with Gasteiger partial charge in [-0.05, 0) is 31.3 Å². The molecule has 4 heteroatoms. The number of carbonyl (C=O) groups is 1. The van der Waals surface area contributed by atoms with Gasteiger partial charge in [0.05, 0.1) is 0 Å². The molecule has 0 bridgehead atoms. The Kier molecular flexibility index (Phi) is 5.05. The lowest BCUT2D eigenvalue weighted by atomic mass is 9.87. The zero-order chi connectivity index (χ0) is 11.3. The Morgan fingerprint density at radius 2 is 2.33 bits per heavy atom. The van der Waals surface area contributed by atoms with Crippen LogP contribution in [0.4, 0.5) is 0 Å². The fourth-order valence-corrected chi connectivity index (χ4v) is 2.12. The van der Waals surface area contributed by atoms with Crippen molar-refractivity contribution in [2.24, 2.45) is 17.6 Å². The van der Waals surface area contributed by atoms with Crippen LogP contribution in [0.1, 0.15) is 19.8 Å². The van der Waals surface area contributed by atoms with Gasteiger partial charge < -0.3 is 16.0 Å². The van der Waals surface area contributed by atoms with E-state index in [1.807, 2.05) is 0 Å². The Hall–Kier alpha value is -0.610. The van der Waals surface area contributed by atoms with Crippen molar-refractivity contribution >= 4 is 5.91 Å². The van der Waals surface area contributed by atoms with Gasteiger partial charge in [0.15, 0.2) is 0 Å². The number of rotatable bonds is 4. The summed E-state index contributed by atoms with van der Waals surface area (Å²) in [5.41, 5.74) is 5.73. The number of nitrogens with zero attached hydrogens (tertiary/aromatic N) is 1. The Morgan fingerprint density at radius 1 is 1.60 bits per heavy atom. The minimum absolute atomic E-state index is 0.123. The average molecular weight is 213 g/mol. The standard InChI is InChI=1S/C11H23N3O/c1-9-3-5-14(8-10(9)7-12)6-4-11(15)13-2/h9-10H,3-8,12H2,1-2H3,(H,13,15). The van der Waals surface area contributed by atoms with Gasteiger partial charge in [-0.15, -0.1) is 0 Å². The van der Waals surface area contributed by atoms with Gasteiger partial charge in [0.2, 0.25) is 5.91 Å². The van der Waals surface area contributed by atoms with Crippen LogP contribution in [0.25, 0.3) is 0 Å². The summed E-state index contributed by atoms with van der Waals surface area (Å²) in [5.74, 6) is 1.45. The summed E-state index contributed by atoms with van der Waals surface area (Å²) in [6.45, 7) is 6.05. The summed E-state index contributed by atoms with van der Waals surface area (Å²) >= 11 is 0. The van der Waals surface area contributed by atoms with Gasteiger partial charge in [-0.1, -0.05) is 6.92 Å². The maximum absolute atomic E-state index is 11.1. The molecule has 4 nitrogen and oxygen atoms in total. The Morgan fingerprint density at radius 3 is 2.93 bits per heavy atom. The molecule has 0 aromatic rings. The molecule has 2 unspecified atom stereocenters. The molecule has 0 radical (unpaired) electrons. The lowest BCUT2D eigenvalue weighted by molar-refractivity contribution is -0.121. The first-order valence-electron chi connectivity index (χ1n) is 5.80. The molecule has 1 aliphatic heterocycles. The first kappa shape index (κ1) is 12.5. The number of nitrogens with one attached hydrogen (secondary N) is 1. The SMILES string of the molecule is CNC(=O)CCN1CCC(C)C(CN)C1. The van der Waals surface area contributed by atoms with E-state index in [4.69, 9.17) is 5.73 Å². The molecule has 15 heavy (non-hydrogen) atoms. The van der Waals surface area contributed by atoms with Gasteiger partial charge in [-0.2, -0.15) is 0 Å². The zero-order valence-electron chi connectivity index (χ0n) is 9.83. The van der Waals surface area contributed by atoms with Crippen molar-refractivity contribution in [1.29, 1.82) is 0 Å². The third kappa shape index (κ3) is 3.80. The molecule has 1 saturated heterocycles. The minimum atomic E-state index is 0.123. The van der Waals surface area contributed by atoms with Crippen LogP contribution >= 0.6 is 0 Å². The molecule has 3 N–H and O–H groups in total. The number of hydrogen-bond acceptors (Lipinski definition) is 3. The van der Waals surface area contributed by atoms with Crippen LogP contribution in [0, 0.1) is 11.8 Å². The van der Waals surface area contributed by atoms with E-state index in [2.05, 4.69) is 17.1 Å². The van der Waals surface area contributed by atoms with E-state index in [1.165, 1.54) is 6.42 Å². The lowest BCUT2D eigenvalue weighted by Crippen LogP contribution is -2.43. The molecule has 1 rings (SSSR count). The van der Waals surface area contributed by atoms with Crippen LogP contribution in [0.2, 0.25) is 0 Å². The van der Waals surface area contributed by atoms with Gasteiger partial charge in [0.1, 0.15) is 0 Å². The van der Waals surface area contributed by atoms with E-state index in [-0.39, 0.29) is 5.91 Å². The summed E-state index contributed by atoms with van der Waals surface area (Å²) in [6, 6.07) is 0. The number of amides is 1. The van der Waals surface area contributed by atoms with Crippen molar-refractivity contribution in [3.05, 3.63) is 0 Å². The fraction of sp³-hybridized carbons (Fsp3) is 0.909. The lowest BCUT2D eigenvalue weighted by Gasteiger charge is -2.36. The number of nitrogens with two attached hydrogens (primary N) is 1. The van der Waals surface area contributed by atoms with Crippen LogP contribution < -0.4 is 11.1 Å². The highest BCUT2D eigenvalue weighted by atomic mass is 16.1. The Bertz CT molecular complexity index is 208. The second-order valence-electron chi connectivity index (χ2n) is 4.49. The smallest absolute Gasteiger partial charge is 0.221 e. The van der Waals surface area contributed by atoms with Gasteiger partial charge in [-0.3, -0.25) is 4.79 Å². The van der Waals surface area contributed by atoms with Crippen LogP contribution in [0.15, 0.2) is 0 Å². The maximum Gasteiger partial charge on any atom is 0.221 e. The van der Waals surface area contributed by atoms with E-state index >= 15 is 0 Å². The van der Waals surface area contributed by atoms with Crippen molar-refractivity contribution in [3.63, 3.8) is 0 Å². The van der Waals surface area contributed by atoms with E-state index in [0.717, 1.165) is 32.1 Å². The summed E-state index contributed by atoms with van der Waals surface area (Å²) in [5, 5.41) is 2.65. The van der Waals surface area contributed by atoms with Gasteiger partial charge in [0.25, 0.3) is 0 Å². The van der Waals surface area contributed by atoms with Crippen molar-refractivity contribution in [2.75, 3.05) is 33.2 Å². The number of piperidine rings is 1. The highest BCUT2D eigenvalue weighted by Crippen LogP contribution is 2.21. The Labute approximate surface area is 92.2 Å². The topological polar surface area (TPSA) is 58.4 Å². The molecule has 0 aliphatic carbocycles. The first-order valence-corrected chi connectivity index (χ1v) is 5.80. The molecule has 0 spiro atoms. The van der Waals surface area contributed by atoms with Crippen LogP contribution in [-0.2, 0) is 4.79 Å². The molecule has 1 heterocycles. The summed E-state index contributed by atoms with van der Waals surface area (Å²) < 4.78 is 0. The predicted octanol–water partition coefficient (Wildman–Crippen LogP) is 0.0392.